The summed E-state index contributed by atoms with van der Waals surface area (Å²) in [5.74, 6) is 0.806. The minimum absolute atomic E-state index is 0.0279. The lowest BCUT2D eigenvalue weighted by Gasteiger charge is -2.14. The van der Waals surface area contributed by atoms with Crippen molar-refractivity contribution in [3.05, 3.63) is 96.1 Å². The van der Waals surface area contributed by atoms with Crippen molar-refractivity contribution in [1.82, 2.24) is 0 Å². The molecule has 0 radical (unpaired) electrons. The molecule has 1 atom stereocenters. The molecule has 0 saturated heterocycles. The van der Waals surface area contributed by atoms with Gasteiger partial charge in [-0.2, -0.15) is 8.42 Å². The van der Waals surface area contributed by atoms with Crippen LogP contribution in [0.25, 0.3) is 21.9 Å². The minimum Gasteiger partial charge on any atom is -0.487 e. The first-order valence-corrected chi connectivity index (χ1v) is 11.6. The molecule has 4 nitrogen and oxygen atoms in total. The van der Waals surface area contributed by atoms with E-state index < -0.39 is 10.1 Å². The Balaban J connectivity index is 1.39. The zero-order valence-electron chi connectivity index (χ0n) is 17.1. The largest absolute Gasteiger partial charge is 0.487 e. The number of benzene rings is 4. The molecule has 0 amide bonds. The molecular formula is C26H22O4S. The summed E-state index contributed by atoms with van der Waals surface area (Å²) >= 11 is 0. The monoisotopic (exact) mass is 430 g/mol. The van der Waals surface area contributed by atoms with E-state index in [1.807, 2.05) is 43.3 Å². The molecule has 0 aliphatic carbocycles. The highest BCUT2D eigenvalue weighted by Gasteiger charge is 2.28. The molecule has 31 heavy (non-hydrogen) atoms. The molecule has 4 aromatic carbocycles. The van der Waals surface area contributed by atoms with Gasteiger partial charge in [-0.3, -0.25) is 4.18 Å². The molecular weight excluding hydrogens is 408 g/mol. The number of rotatable bonds is 5. The fourth-order valence-electron chi connectivity index (χ4n) is 4.04. The van der Waals surface area contributed by atoms with Crippen LogP contribution in [0.1, 0.15) is 11.1 Å². The van der Waals surface area contributed by atoms with Gasteiger partial charge < -0.3 is 4.74 Å². The van der Waals surface area contributed by atoms with Crippen LogP contribution in [0.15, 0.2) is 89.8 Å². The Labute approximate surface area is 182 Å². The van der Waals surface area contributed by atoms with Crippen LogP contribution in [0.4, 0.5) is 0 Å². The fourth-order valence-corrected chi connectivity index (χ4v) is 4.98. The summed E-state index contributed by atoms with van der Waals surface area (Å²) in [6.45, 7) is 1.88. The van der Waals surface area contributed by atoms with Crippen molar-refractivity contribution < 1.29 is 17.3 Å². The second-order valence-corrected chi connectivity index (χ2v) is 9.43. The first-order valence-electron chi connectivity index (χ1n) is 10.2. The van der Waals surface area contributed by atoms with Crippen LogP contribution in [0, 0.1) is 6.92 Å². The number of hydrogen-bond acceptors (Lipinski definition) is 4. The number of hydrogen-bond donors (Lipinski definition) is 0. The maximum absolute atomic E-state index is 12.5. The number of ether oxygens (including phenoxy) is 1. The van der Waals surface area contributed by atoms with Crippen LogP contribution in [0.2, 0.25) is 0 Å². The molecule has 0 spiro atoms. The fraction of sp³-hybridized carbons (Fsp3) is 0.154. The summed E-state index contributed by atoms with van der Waals surface area (Å²) in [6, 6.07) is 27.2. The third kappa shape index (κ3) is 3.82. The van der Waals surface area contributed by atoms with Gasteiger partial charge in [0, 0.05) is 12.0 Å². The lowest BCUT2D eigenvalue weighted by Crippen LogP contribution is -2.23. The number of aryl methyl sites for hydroxylation is 1. The highest BCUT2D eigenvalue weighted by molar-refractivity contribution is 7.86. The van der Waals surface area contributed by atoms with Gasteiger partial charge in [-0.15, -0.1) is 0 Å². The van der Waals surface area contributed by atoms with Crippen LogP contribution in [-0.2, 0) is 20.7 Å². The maximum Gasteiger partial charge on any atom is 0.297 e. The molecule has 0 aromatic heterocycles. The van der Waals surface area contributed by atoms with E-state index >= 15 is 0 Å². The van der Waals surface area contributed by atoms with Gasteiger partial charge in [-0.1, -0.05) is 78.4 Å². The lowest BCUT2D eigenvalue weighted by molar-refractivity contribution is 0.152. The van der Waals surface area contributed by atoms with E-state index in [-0.39, 0.29) is 17.6 Å². The van der Waals surface area contributed by atoms with E-state index in [0.717, 1.165) is 33.4 Å². The zero-order valence-corrected chi connectivity index (χ0v) is 17.9. The zero-order chi connectivity index (χ0) is 21.4. The summed E-state index contributed by atoms with van der Waals surface area (Å²) in [6.07, 6.45) is 0.253. The van der Waals surface area contributed by atoms with Gasteiger partial charge in [0.2, 0.25) is 0 Å². The Bertz CT molecular complexity index is 1350. The predicted molar refractivity (Wildman–Crippen MR) is 122 cm³/mol. The van der Waals surface area contributed by atoms with E-state index in [1.54, 1.807) is 24.3 Å². The Morgan fingerprint density at radius 1 is 0.871 bits per heavy atom. The summed E-state index contributed by atoms with van der Waals surface area (Å²) in [7, 11) is -3.82. The Morgan fingerprint density at radius 2 is 1.58 bits per heavy atom. The van der Waals surface area contributed by atoms with Gasteiger partial charge in [0.1, 0.15) is 18.5 Å². The smallest absolute Gasteiger partial charge is 0.297 e. The van der Waals surface area contributed by atoms with Crippen molar-refractivity contribution in [3.8, 4) is 16.9 Å². The van der Waals surface area contributed by atoms with Crippen molar-refractivity contribution in [3.63, 3.8) is 0 Å². The van der Waals surface area contributed by atoms with E-state index in [9.17, 15) is 8.42 Å². The van der Waals surface area contributed by atoms with Crippen molar-refractivity contribution in [2.75, 3.05) is 6.61 Å². The van der Waals surface area contributed by atoms with Crippen molar-refractivity contribution >= 4 is 20.9 Å². The van der Waals surface area contributed by atoms with Crippen LogP contribution in [0.3, 0.4) is 0 Å². The standard InChI is InChI=1S/C26H22O4S/c1-18-12-14-22(15-13-18)31(27,28)29-17-21-16-20-8-5-11-25(26(20)30-21)24-10-4-7-19-6-2-3-9-23(19)24/h2-15,21H,16-17H2,1H3. The molecule has 1 aliphatic rings. The Morgan fingerprint density at radius 3 is 2.42 bits per heavy atom. The minimum atomic E-state index is -3.82. The van der Waals surface area contributed by atoms with E-state index in [0.29, 0.717) is 6.42 Å². The highest BCUT2D eigenvalue weighted by atomic mass is 32.2. The Kier molecular flexibility index (Phi) is 5.00. The van der Waals surface area contributed by atoms with Crippen molar-refractivity contribution in [2.24, 2.45) is 0 Å². The molecule has 1 aliphatic heterocycles. The molecule has 1 unspecified atom stereocenters. The molecule has 0 bridgehead atoms. The van der Waals surface area contributed by atoms with Crippen LogP contribution in [-0.4, -0.2) is 21.1 Å². The van der Waals surface area contributed by atoms with Gasteiger partial charge in [0.25, 0.3) is 10.1 Å². The number of fused-ring (bicyclic) bond motifs is 2. The summed E-state index contributed by atoms with van der Waals surface area (Å²) in [4.78, 5) is 0.157. The predicted octanol–water partition coefficient (Wildman–Crippen LogP) is 5.52. The molecule has 156 valence electrons. The molecule has 5 heteroatoms. The van der Waals surface area contributed by atoms with Gasteiger partial charge in [0.15, 0.2) is 0 Å². The molecule has 5 rings (SSSR count). The van der Waals surface area contributed by atoms with Crippen LogP contribution < -0.4 is 4.74 Å². The maximum atomic E-state index is 12.5. The van der Waals surface area contributed by atoms with Gasteiger partial charge in [0.05, 0.1) is 4.90 Å². The Hall–Kier alpha value is -3.15. The third-order valence-corrected chi connectivity index (χ3v) is 6.92. The first-order chi connectivity index (χ1) is 15.0. The summed E-state index contributed by atoms with van der Waals surface area (Å²) in [5.41, 5.74) is 4.17. The molecule has 0 saturated carbocycles. The van der Waals surface area contributed by atoms with Gasteiger partial charge >= 0.3 is 0 Å². The average Bonchev–Trinajstić information content (AvgIpc) is 3.21. The van der Waals surface area contributed by atoms with Gasteiger partial charge in [-0.25, -0.2) is 0 Å². The quantitative estimate of drug-likeness (QED) is 0.391. The molecule has 1 heterocycles. The van der Waals surface area contributed by atoms with Crippen LogP contribution >= 0.6 is 0 Å². The summed E-state index contributed by atoms with van der Waals surface area (Å²) in [5, 5.41) is 2.32. The van der Waals surface area contributed by atoms with E-state index in [4.69, 9.17) is 8.92 Å². The normalized spacial score (nSPS) is 15.6. The first kappa shape index (κ1) is 19.8. The second-order valence-electron chi connectivity index (χ2n) is 7.82. The topological polar surface area (TPSA) is 52.6 Å². The highest BCUT2D eigenvalue weighted by Crippen LogP contribution is 2.41. The van der Waals surface area contributed by atoms with E-state index in [2.05, 4.69) is 24.3 Å². The lowest BCUT2D eigenvalue weighted by atomic mass is 9.96. The second kappa shape index (κ2) is 7.84. The van der Waals surface area contributed by atoms with Crippen molar-refractivity contribution in [1.29, 1.82) is 0 Å². The van der Waals surface area contributed by atoms with Crippen molar-refractivity contribution in [2.45, 2.75) is 24.3 Å². The average molecular weight is 431 g/mol. The summed E-state index contributed by atoms with van der Waals surface area (Å²) < 4.78 is 36.6. The molecule has 4 aromatic rings. The third-order valence-electron chi connectivity index (χ3n) is 5.63. The van der Waals surface area contributed by atoms with E-state index in [1.165, 1.54) is 5.39 Å². The molecule has 0 fully saturated rings. The van der Waals surface area contributed by atoms with Crippen LogP contribution in [0.5, 0.6) is 5.75 Å². The number of para-hydroxylation sites is 1. The molecule has 0 N–H and O–H groups in total. The SMILES string of the molecule is Cc1ccc(S(=O)(=O)OCC2Cc3cccc(-c4cccc5ccccc45)c3O2)cc1. The van der Waals surface area contributed by atoms with Gasteiger partial charge in [-0.05, 0) is 41.0 Å².